The van der Waals surface area contributed by atoms with Gasteiger partial charge >= 0.3 is 6.03 Å². The number of anilines is 2. The molecule has 0 radical (unpaired) electrons. The predicted octanol–water partition coefficient (Wildman–Crippen LogP) is 3.57. The Morgan fingerprint density at radius 3 is 2.67 bits per heavy atom. The number of aryl methyl sites for hydroxylation is 1. The number of aromatic nitrogens is 5. The van der Waals surface area contributed by atoms with Gasteiger partial charge in [-0.25, -0.2) is 9.78 Å². The smallest absolute Gasteiger partial charge is 0.323 e. The molecule has 3 aromatic rings. The molecule has 3 aromatic heterocycles. The van der Waals surface area contributed by atoms with Crippen molar-refractivity contribution < 1.29 is 9.53 Å². The van der Waals surface area contributed by atoms with Crippen molar-refractivity contribution in [1.29, 1.82) is 0 Å². The quantitative estimate of drug-likeness (QED) is 0.613. The highest BCUT2D eigenvalue weighted by atomic mass is 79.9. The van der Waals surface area contributed by atoms with Gasteiger partial charge in [-0.2, -0.15) is 10.2 Å². The Labute approximate surface area is 168 Å². The third-order valence-corrected chi connectivity index (χ3v) is 4.85. The molecule has 11 heteroatoms. The monoisotopic (exact) mass is 451 g/mol. The van der Waals surface area contributed by atoms with E-state index >= 15 is 0 Å². The van der Waals surface area contributed by atoms with Gasteiger partial charge in [-0.3, -0.25) is 4.98 Å². The van der Waals surface area contributed by atoms with Crippen LogP contribution in [0, 0.1) is 6.92 Å². The Kier molecular flexibility index (Phi) is 5.99. The lowest BCUT2D eigenvalue weighted by Crippen LogP contribution is -2.21. The number of nitrogens with zero attached hydrogens (tertiary/aromatic N) is 5. The number of halogens is 2. The van der Waals surface area contributed by atoms with Crippen molar-refractivity contribution in [2.45, 2.75) is 13.5 Å². The zero-order valence-electron chi connectivity index (χ0n) is 14.4. The minimum absolute atomic E-state index is 0.295. The van der Waals surface area contributed by atoms with Crippen molar-refractivity contribution in [1.82, 2.24) is 25.0 Å². The van der Waals surface area contributed by atoms with Crippen LogP contribution in [0.1, 0.15) is 11.3 Å². The maximum absolute atomic E-state index is 12.4. The van der Waals surface area contributed by atoms with Crippen LogP contribution in [0.4, 0.5) is 16.2 Å². The number of hydrogen-bond donors (Lipinski definition) is 2. The van der Waals surface area contributed by atoms with Gasteiger partial charge in [-0.05, 0) is 28.9 Å². The Morgan fingerprint density at radius 2 is 2.00 bits per heavy atom. The molecule has 3 rings (SSSR count). The summed E-state index contributed by atoms with van der Waals surface area (Å²) < 4.78 is 5.98. The minimum atomic E-state index is -0.465. The topological polar surface area (TPSA) is 107 Å². The number of carbonyl (C=O) groups is 1. The summed E-state index contributed by atoms with van der Waals surface area (Å²) in [4.78, 5) is 22.1. The molecule has 2 N–H and O–H groups in total. The number of hydrogen-bond acceptors (Lipinski definition) is 6. The fourth-order valence-electron chi connectivity index (χ4n) is 2.28. The summed E-state index contributed by atoms with van der Waals surface area (Å²) in [6.45, 7) is 2.18. The molecule has 0 aliphatic carbocycles. The van der Waals surface area contributed by atoms with Gasteiger partial charge < -0.3 is 15.4 Å². The van der Waals surface area contributed by atoms with Crippen LogP contribution in [-0.4, -0.2) is 38.1 Å². The second-order valence-corrected chi connectivity index (χ2v) is 6.61. The number of pyridine rings is 2. The lowest BCUT2D eigenvalue weighted by Gasteiger charge is -2.14. The van der Waals surface area contributed by atoms with Gasteiger partial charge in [0.05, 0.1) is 53.5 Å². The molecule has 0 bridgehead atoms. The summed E-state index contributed by atoms with van der Waals surface area (Å²) in [5.74, 6) is 0.363. The van der Waals surface area contributed by atoms with E-state index in [2.05, 4.69) is 46.7 Å². The molecule has 0 saturated carbocycles. The van der Waals surface area contributed by atoms with Crippen LogP contribution in [0.15, 0.2) is 35.3 Å². The molecule has 0 atom stereocenters. The predicted molar refractivity (Wildman–Crippen MR) is 104 cm³/mol. The van der Waals surface area contributed by atoms with E-state index in [9.17, 15) is 4.79 Å². The first-order chi connectivity index (χ1) is 13.0. The van der Waals surface area contributed by atoms with Crippen LogP contribution in [0.3, 0.4) is 0 Å². The fourth-order valence-corrected chi connectivity index (χ4v) is 2.95. The maximum Gasteiger partial charge on any atom is 0.323 e. The van der Waals surface area contributed by atoms with E-state index in [1.165, 1.54) is 23.4 Å². The first-order valence-electron chi connectivity index (χ1n) is 7.72. The Hall–Kier alpha value is -2.56. The molecule has 9 nitrogen and oxygen atoms in total. The number of methoxy groups -OCH3 is 1. The second kappa shape index (κ2) is 8.42. The molecule has 3 heterocycles. The third-order valence-electron chi connectivity index (χ3n) is 3.52. The summed E-state index contributed by atoms with van der Waals surface area (Å²) in [6, 6.07) is 1.10. The lowest BCUT2D eigenvalue weighted by molar-refractivity contribution is 0.184. The molecule has 27 heavy (non-hydrogen) atoms. The summed E-state index contributed by atoms with van der Waals surface area (Å²) >= 11 is 9.67. The summed E-state index contributed by atoms with van der Waals surface area (Å²) in [7, 11) is 1.58. The third kappa shape index (κ3) is 4.41. The Morgan fingerprint density at radius 1 is 1.26 bits per heavy atom. The van der Waals surface area contributed by atoms with Gasteiger partial charge in [-0.15, -0.1) is 4.80 Å². The van der Waals surface area contributed by atoms with Crippen molar-refractivity contribution in [2.75, 3.05) is 17.7 Å². The van der Waals surface area contributed by atoms with E-state index in [-0.39, 0.29) is 0 Å². The summed E-state index contributed by atoms with van der Waals surface area (Å²) in [5.41, 5.74) is 2.53. The number of urea groups is 1. The van der Waals surface area contributed by atoms with Gasteiger partial charge in [0.15, 0.2) is 5.82 Å². The molecule has 0 aliphatic heterocycles. The molecular formula is C16H15BrClN7O2. The van der Waals surface area contributed by atoms with Gasteiger partial charge in [0, 0.05) is 17.1 Å². The highest BCUT2D eigenvalue weighted by molar-refractivity contribution is 9.10. The molecule has 2 amide bonds. The van der Waals surface area contributed by atoms with E-state index in [0.29, 0.717) is 28.8 Å². The van der Waals surface area contributed by atoms with E-state index in [0.717, 1.165) is 15.7 Å². The highest BCUT2D eigenvalue weighted by Crippen LogP contribution is 2.27. The van der Waals surface area contributed by atoms with Gasteiger partial charge in [0.1, 0.15) is 0 Å². The average molecular weight is 453 g/mol. The number of carbonyl (C=O) groups excluding carboxylic acids is 1. The molecule has 0 aromatic carbocycles. The number of nitrogens with one attached hydrogen (secondary N) is 2. The average Bonchev–Trinajstić information content (AvgIpc) is 3.16. The summed E-state index contributed by atoms with van der Waals surface area (Å²) in [5, 5.41) is 13.7. The highest BCUT2D eigenvalue weighted by Gasteiger charge is 2.14. The maximum atomic E-state index is 12.4. The van der Waals surface area contributed by atoms with E-state index in [4.69, 9.17) is 16.3 Å². The zero-order chi connectivity index (χ0) is 19.4. The molecule has 0 unspecified atom stereocenters. The number of rotatable bonds is 5. The standard InChI is InChI=1S/C16H15BrClN7O2/c1-9-14(17)11(8-27-2)13(7-19-9)24-16(26)23-10-5-12(18)15(20-6-10)25-21-3-4-22-25/h3-7H,8H2,1-2H3,(H2,23,24,26). The largest absolute Gasteiger partial charge is 0.380 e. The van der Waals surface area contributed by atoms with Crippen molar-refractivity contribution in [3.8, 4) is 5.82 Å². The van der Waals surface area contributed by atoms with Crippen LogP contribution < -0.4 is 10.6 Å². The van der Waals surface area contributed by atoms with Gasteiger partial charge in [0.2, 0.25) is 0 Å². The van der Waals surface area contributed by atoms with Crippen LogP contribution in [0.2, 0.25) is 5.02 Å². The zero-order valence-corrected chi connectivity index (χ0v) is 16.7. The van der Waals surface area contributed by atoms with Crippen LogP contribution in [-0.2, 0) is 11.3 Å². The molecule has 0 aliphatic rings. The lowest BCUT2D eigenvalue weighted by atomic mass is 10.2. The molecule has 0 fully saturated rings. The molecular weight excluding hydrogens is 438 g/mol. The van der Waals surface area contributed by atoms with Gasteiger partial charge in [-0.1, -0.05) is 11.6 Å². The fraction of sp³-hybridized carbons (Fsp3) is 0.188. The van der Waals surface area contributed by atoms with E-state index in [1.807, 2.05) is 6.92 Å². The minimum Gasteiger partial charge on any atom is -0.380 e. The normalized spacial score (nSPS) is 10.7. The van der Waals surface area contributed by atoms with E-state index < -0.39 is 6.03 Å². The van der Waals surface area contributed by atoms with Crippen molar-refractivity contribution >= 4 is 44.9 Å². The first kappa shape index (κ1) is 19.2. The van der Waals surface area contributed by atoms with Crippen molar-refractivity contribution in [2.24, 2.45) is 0 Å². The first-order valence-corrected chi connectivity index (χ1v) is 8.90. The number of ether oxygens (including phenoxy) is 1. The molecule has 140 valence electrons. The Balaban J connectivity index is 1.75. The molecule has 0 saturated heterocycles. The second-order valence-electron chi connectivity index (χ2n) is 5.41. The van der Waals surface area contributed by atoms with Crippen molar-refractivity contribution in [3.63, 3.8) is 0 Å². The van der Waals surface area contributed by atoms with E-state index in [1.54, 1.807) is 19.4 Å². The van der Waals surface area contributed by atoms with Gasteiger partial charge in [0.25, 0.3) is 0 Å². The number of amides is 2. The van der Waals surface area contributed by atoms with Crippen LogP contribution >= 0.6 is 27.5 Å². The van der Waals surface area contributed by atoms with Crippen LogP contribution in [0.5, 0.6) is 0 Å². The SMILES string of the molecule is COCc1c(NC(=O)Nc2cnc(-n3nccn3)c(Cl)c2)cnc(C)c1Br. The Bertz CT molecular complexity index is 966. The van der Waals surface area contributed by atoms with Crippen LogP contribution in [0.25, 0.3) is 5.82 Å². The molecule has 0 spiro atoms. The van der Waals surface area contributed by atoms with Crippen molar-refractivity contribution in [3.05, 3.63) is 51.6 Å². The summed E-state index contributed by atoms with van der Waals surface area (Å²) in [6.07, 6.45) is 6.07.